The quantitative estimate of drug-likeness (QED) is 0.532. The molecule has 2 amide bonds. The molecule has 4 rings (SSSR count). The Hall–Kier alpha value is -2.84. The average Bonchev–Trinajstić information content (AvgIpc) is 3.37. The Balaban J connectivity index is 1.47. The van der Waals surface area contributed by atoms with Crippen molar-refractivity contribution in [2.24, 2.45) is 5.92 Å². The lowest BCUT2D eigenvalue weighted by atomic mass is 9.84. The number of halogens is 1. The van der Waals surface area contributed by atoms with Crippen molar-refractivity contribution in [2.75, 3.05) is 11.9 Å². The van der Waals surface area contributed by atoms with E-state index in [1.54, 1.807) is 60.0 Å². The van der Waals surface area contributed by atoms with E-state index in [0.717, 1.165) is 25.7 Å². The van der Waals surface area contributed by atoms with Crippen LogP contribution in [0.5, 0.6) is 5.75 Å². The molecule has 1 atom stereocenters. The molecule has 8 nitrogen and oxygen atoms in total. The molecule has 1 aromatic carbocycles. The first-order valence-corrected chi connectivity index (χ1v) is 12.6. The number of rotatable bonds is 9. The molecular formula is C26H33ClN4O4. The zero-order valence-electron chi connectivity index (χ0n) is 20.2. The lowest BCUT2D eigenvalue weighted by molar-refractivity contribution is -0.134. The molecule has 188 valence electrons. The molecule has 2 aliphatic rings. The molecule has 1 aliphatic carbocycles. The number of hydrogen-bond acceptors (Lipinski definition) is 5. The number of nitrogens with zero attached hydrogens (tertiary/aromatic N) is 3. The second-order valence-corrected chi connectivity index (χ2v) is 10.5. The molecule has 0 unspecified atom stereocenters. The van der Waals surface area contributed by atoms with E-state index < -0.39 is 11.6 Å². The van der Waals surface area contributed by atoms with Crippen LogP contribution in [0, 0.1) is 5.92 Å². The summed E-state index contributed by atoms with van der Waals surface area (Å²) in [5.41, 5.74) is -0.927. The molecule has 0 spiro atoms. The first-order chi connectivity index (χ1) is 16.7. The third-order valence-corrected chi connectivity index (χ3v) is 6.57. The van der Waals surface area contributed by atoms with Gasteiger partial charge in [-0.05, 0) is 44.4 Å². The SMILES string of the molecule is CC(C)(O)Cn1ccc(NC(=O)[C@H](CC2CCCCC2)N2CC(Oc3cccc(Cl)c3)=CC2=O)n1. The highest BCUT2D eigenvalue weighted by Gasteiger charge is 2.36. The van der Waals surface area contributed by atoms with Crippen LogP contribution in [0.3, 0.4) is 0 Å². The van der Waals surface area contributed by atoms with Crippen molar-refractivity contribution >= 4 is 29.2 Å². The van der Waals surface area contributed by atoms with Gasteiger partial charge >= 0.3 is 0 Å². The van der Waals surface area contributed by atoms with Gasteiger partial charge in [0.05, 0.1) is 18.7 Å². The molecule has 0 radical (unpaired) electrons. The molecule has 1 saturated carbocycles. The first kappa shape index (κ1) is 25.3. The molecule has 35 heavy (non-hydrogen) atoms. The molecule has 2 N–H and O–H groups in total. The number of carbonyl (C=O) groups is 2. The van der Waals surface area contributed by atoms with Crippen LogP contribution in [0.1, 0.15) is 52.4 Å². The standard InChI is InChI=1S/C26H33ClN4O4/c1-26(2,34)17-30-12-11-23(29-30)28-25(33)22(13-18-7-4-3-5-8-18)31-16-21(15-24(31)32)35-20-10-6-9-19(27)14-20/h6,9-12,14-15,18,22,34H,3-5,7-8,13,16-17H2,1-2H3,(H,28,29,33)/t22-/m0/s1. The number of nitrogens with one attached hydrogen (secondary N) is 1. The van der Waals surface area contributed by atoms with E-state index in [2.05, 4.69) is 10.4 Å². The van der Waals surface area contributed by atoms with Crippen molar-refractivity contribution in [3.63, 3.8) is 0 Å². The maximum absolute atomic E-state index is 13.4. The van der Waals surface area contributed by atoms with E-state index >= 15 is 0 Å². The molecule has 2 heterocycles. The summed E-state index contributed by atoms with van der Waals surface area (Å²) in [6, 6.07) is 8.05. The fourth-order valence-corrected chi connectivity index (χ4v) is 4.94. The van der Waals surface area contributed by atoms with Gasteiger partial charge in [0.2, 0.25) is 5.91 Å². The smallest absolute Gasteiger partial charge is 0.251 e. The normalized spacial score (nSPS) is 17.9. The van der Waals surface area contributed by atoms with E-state index in [1.165, 1.54) is 12.5 Å². The maximum Gasteiger partial charge on any atom is 0.251 e. The largest absolute Gasteiger partial charge is 0.460 e. The van der Waals surface area contributed by atoms with Crippen LogP contribution in [-0.4, -0.2) is 49.8 Å². The fourth-order valence-electron chi connectivity index (χ4n) is 4.76. The second-order valence-electron chi connectivity index (χ2n) is 10.1. The van der Waals surface area contributed by atoms with Gasteiger partial charge in [0.15, 0.2) is 5.82 Å². The summed E-state index contributed by atoms with van der Waals surface area (Å²) in [6.45, 7) is 3.90. The van der Waals surface area contributed by atoms with E-state index in [9.17, 15) is 14.7 Å². The molecule has 2 aromatic rings. The summed E-state index contributed by atoms with van der Waals surface area (Å²) in [6.07, 6.45) is 9.39. The molecule has 1 fully saturated rings. The number of ether oxygens (including phenoxy) is 1. The molecular weight excluding hydrogens is 468 g/mol. The highest BCUT2D eigenvalue weighted by atomic mass is 35.5. The van der Waals surface area contributed by atoms with Crippen LogP contribution >= 0.6 is 11.6 Å². The second kappa shape index (κ2) is 10.8. The third kappa shape index (κ3) is 7.08. The monoisotopic (exact) mass is 500 g/mol. The molecule has 0 bridgehead atoms. The summed E-state index contributed by atoms with van der Waals surface area (Å²) in [7, 11) is 0. The Kier molecular flexibility index (Phi) is 7.82. The fraction of sp³-hybridized carbons (Fsp3) is 0.500. The minimum atomic E-state index is -0.927. The molecule has 9 heteroatoms. The number of amides is 2. The summed E-state index contributed by atoms with van der Waals surface area (Å²) in [5.74, 6) is 1.29. The van der Waals surface area contributed by atoms with Crippen LogP contribution in [0.2, 0.25) is 5.02 Å². The van der Waals surface area contributed by atoms with Crippen molar-refractivity contribution < 1.29 is 19.4 Å². The van der Waals surface area contributed by atoms with Gasteiger partial charge in [-0.1, -0.05) is 49.8 Å². The van der Waals surface area contributed by atoms with Gasteiger partial charge in [-0.2, -0.15) is 5.10 Å². The Morgan fingerprint density at radius 2 is 2.06 bits per heavy atom. The summed E-state index contributed by atoms with van der Waals surface area (Å²) < 4.78 is 7.48. The lowest BCUT2D eigenvalue weighted by Crippen LogP contribution is -2.46. The number of hydrogen-bond donors (Lipinski definition) is 2. The van der Waals surface area contributed by atoms with Crippen LogP contribution in [0.25, 0.3) is 0 Å². The van der Waals surface area contributed by atoms with Gasteiger partial charge in [0, 0.05) is 23.4 Å². The van der Waals surface area contributed by atoms with Gasteiger partial charge in [-0.15, -0.1) is 0 Å². The highest BCUT2D eigenvalue weighted by molar-refractivity contribution is 6.30. The first-order valence-electron chi connectivity index (χ1n) is 12.2. The van der Waals surface area contributed by atoms with Gasteiger partial charge in [-0.3, -0.25) is 14.3 Å². The maximum atomic E-state index is 13.4. The van der Waals surface area contributed by atoms with Crippen LogP contribution in [0.15, 0.2) is 48.4 Å². The number of anilines is 1. The van der Waals surface area contributed by atoms with Gasteiger partial charge < -0.3 is 20.1 Å². The third-order valence-electron chi connectivity index (χ3n) is 6.34. The molecule has 1 aromatic heterocycles. The zero-order chi connectivity index (χ0) is 25.0. The van der Waals surface area contributed by atoms with Gasteiger partial charge in [-0.25, -0.2) is 0 Å². The number of benzene rings is 1. The van der Waals surface area contributed by atoms with Crippen molar-refractivity contribution in [2.45, 2.75) is 70.6 Å². The van der Waals surface area contributed by atoms with Crippen LogP contribution in [0.4, 0.5) is 5.82 Å². The number of carbonyl (C=O) groups excluding carboxylic acids is 2. The Morgan fingerprint density at radius 1 is 1.29 bits per heavy atom. The van der Waals surface area contributed by atoms with Crippen LogP contribution in [-0.2, 0) is 16.1 Å². The van der Waals surface area contributed by atoms with Crippen molar-refractivity contribution in [3.05, 3.63) is 53.4 Å². The van der Waals surface area contributed by atoms with Crippen molar-refractivity contribution in [1.29, 1.82) is 0 Å². The minimum Gasteiger partial charge on any atom is -0.460 e. The Labute approximate surface area is 210 Å². The average molecular weight is 501 g/mol. The minimum absolute atomic E-state index is 0.212. The summed E-state index contributed by atoms with van der Waals surface area (Å²) >= 11 is 6.05. The predicted molar refractivity (Wildman–Crippen MR) is 134 cm³/mol. The number of aliphatic hydroxyl groups is 1. The Bertz CT molecular complexity index is 1090. The number of aromatic nitrogens is 2. The summed E-state index contributed by atoms with van der Waals surface area (Å²) in [4.78, 5) is 28.0. The zero-order valence-corrected chi connectivity index (χ0v) is 21.0. The molecule has 1 aliphatic heterocycles. The van der Waals surface area contributed by atoms with Gasteiger partial charge in [0.25, 0.3) is 5.91 Å². The Morgan fingerprint density at radius 3 is 2.77 bits per heavy atom. The molecule has 0 saturated heterocycles. The van der Waals surface area contributed by atoms with E-state index in [1.807, 2.05) is 0 Å². The lowest BCUT2D eigenvalue weighted by Gasteiger charge is -2.31. The van der Waals surface area contributed by atoms with E-state index in [4.69, 9.17) is 16.3 Å². The van der Waals surface area contributed by atoms with Gasteiger partial charge in [0.1, 0.15) is 17.6 Å². The predicted octanol–water partition coefficient (Wildman–Crippen LogP) is 4.39. The topological polar surface area (TPSA) is 96.7 Å². The van der Waals surface area contributed by atoms with Crippen molar-refractivity contribution in [3.8, 4) is 5.75 Å². The van der Waals surface area contributed by atoms with Crippen LogP contribution < -0.4 is 10.1 Å². The van der Waals surface area contributed by atoms with E-state index in [0.29, 0.717) is 41.2 Å². The van der Waals surface area contributed by atoms with Crippen molar-refractivity contribution in [1.82, 2.24) is 14.7 Å². The highest BCUT2D eigenvalue weighted by Crippen LogP contribution is 2.31. The summed E-state index contributed by atoms with van der Waals surface area (Å²) in [5, 5.41) is 17.8. The van der Waals surface area contributed by atoms with E-state index in [-0.39, 0.29) is 18.4 Å².